The number of aromatic nitrogens is 1. The van der Waals surface area contributed by atoms with Crippen molar-refractivity contribution in [1.82, 2.24) is 4.57 Å². The van der Waals surface area contributed by atoms with Crippen LogP contribution in [-0.2, 0) is 9.59 Å². The van der Waals surface area contributed by atoms with Gasteiger partial charge in [0.1, 0.15) is 5.57 Å². The molecule has 200 valence electrons. The number of hydrogen-bond donors (Lipinski definition) is 1. The molecule has 2 heterocycles. The highest BCUT2D eigenvalue weighted by Gasteiger charge is 2.43. The molecule has 40 heavy (non-hydrogen) atoms. The second-order valence-electron chi connectivity index (χ2n) is 9.43. The van der Waals surface area contributed by atoms with E-state index in [-0.39, 0.29) is 11.1 Å². The topological polar surface area (TPSA) is 99.9 Å². The number of carboxylic acid groups (broad SMARTS) is 1. The molecular formula is C31H24ClN3O5. The fraction of sp³-hybridized carbons (Fsp3) is 0.0968. The first kappa shape index (κ1) is 26.6. The fourth-order valence-corrected chi connectivity index (χ4v) is 4.93. The van der Waals surface area contributed by atoms with Crippen LogP contribution in [0.25, 0.3) is 11.8 Å². The van der Waals surface area contributed by atoms with Gasteiger partial charge in [-0.2, -0.15) is 0 Å². The van der Waals surface area contributed by atoms with Crippen LogP contribution in [-0.4, -0.2) is 33.5 Å². The molecule has 3 aromatic carbocycles. The van der Waals surface area contributed by atoms with E-state index in [0.717, 1.165) is 15.4 Å². The van der Waals surface area contributed by atoms with E-state index in [9.17, 15) is 24.3 Å². The van der Waals surface area contributed by atoms with Crippen LogP contribution < -0.4 is 9.80 Å². The van der Waals surface area contributed by atoms with Gasteiger partial charge in [-0.3, -0.25) is 9.59 Å². The van der Waals surface area contributed by atoms with E-state index in [4.69, 9.17) is 11.6 Å². The van der Waals surface area contributed by atoms with Crippen molar-refractivity contribution in [3.63, 3.8) is 0 Å². The minimum absolute atomic E-state index is 0.0650. The first-order valence-electron chi connectivity index (χ1n) is 12.4. The maximum atomic E-state index is 13.8. The number of halogens is 1. The molecule has 4 aromatic rings. The first-order valence-corrected chi connectivity index (χ1v) is 12.7. The molecule has 1 aliphatic rings. The second-order valence-corrected chi connectivity index (χ2v) is 9.83. The Morgan fingerprint density at radius 3 is 2.00 bits per heavy atom. The van der Waals surface area contributed by atoms with Gasteiger partial charge in [-0.1, -0.05) is 47.5 Å². The summed E-state index contributed by atoms with van der Waals surface area (Å²) in [6, 6.07) is 20.7. The predicted octanol–water partition coefficient (Wildman–Crippen LogP) is 6.34. The van der Waals surface area contributed by atoms with Crippen LogP contribution >= 0.6 is 11.6 Å². The van der Waals surface area contributed by atoms with Crippen molar-refractivity contribution in [2.24, 2.45) is 0 Å². The highest BCUT2D eigenvalue weighted by Crippen LogP contribution is 2.32. The van der Waals surface area contributed by atoms with Crippen molar-refractivity contribution in [2.75, 3.05) is 9.80 Å². The van der Waals surface area contributed by atoms with Crippen molar-refractivity contribution in [1.29, 1.82) is 0 Å². The molecule has 0 atom stereocenters. The van der Waals surface area contributed by atoms with Crippen molar-refractivity contribution < 1.29 is 24.3 Å². The molecule has 1 fully saturated rings. The number of barbiturate groups is 1. The molecule has 0 bridgehead atoms. The Kier molecular flexibility index (Phi) is 6.87. The number of carbonyl (C=O) groups excluding carboxylic acids is 3. The zero-order valence-corrected chi connectivity index (χ0v) is 22.6. The number of benzene rings is 3. The number of aryl methyl sites for hydroxylation is 2. The fourth-order valence-electron chi connectivity index (χ4n) is 4.73. The normalized spacial score (nSPS) is 14.8. The third kappa shape index (κ3) is 4.58. The Morgan fingerprint density at radius 2 is 1.40 bits per heavy atom. The maximum Gasteiger partial charge on any atom is 0.343 e. The molecule has 1 aromatic heterocycles. The number of para-hydroxylation sites is 1. The number of carboxylic acids is 1. The zero-order valence-electron chi connectivity index (χ0n) is 21.9. The minimum atomic E-state index is -1.09. The lowest BCUT2D eigenvalue weighted by atomic mass is 10.0. The van der Waals surface area contributed by atoms with E-state index in [1.807, 2.05) is 13.8 Å². The number of urea groups is 1. The number of anilines is 2. The van der Waals surface area contributed by atoms with Gasteiger partial charge in [0.15, 0.2) is 0 Å². The van der Waals surface area contributed by atoms with Crippen LogP contribution in [0.5, 0.6) is 0 Å². The van der Waals surface area contributed by atoms with Crippen LogP contribution in [0.2, 0.25) is 5.02 Å². The Morgan fingerprint density at radius 1 is 0.800 bits per heavy atom. The molecule has 0 aliphatic carbocycles. The van der Waals surface area contributed by atoms with Crippen LogP contribution in [0.3, 0.4) is 0 Å². The summed E-state index contributed by atoms with van der Waals surface area (Å²) in [7, 11) is 0. The van der Waals surface area contributed by atoms with E-state index in [2.05, 4.69) is 0 Å². The highest BCUT2D eigenvalue weighted by molar-refractivity contribution is 6.46. The van der Waals surface area contributed by atoms with Crippen LogP contribution in [0, 0.1) is 20.8 Å². The Bertz CT molecular complexity index is 1720. The van der Waals surface area contributed by atoms with E-state index < -0.39 is 23.8 Å². The van der Waals surface area contributed by atoms with Gasteiger partial charge in [-0.15, -0.1) is 0 Å². The van der Waals surface area contributed by atoms with Crippen LogP contribution in [0.4, 0.5) is 16.2 Å². The van der Waals surface area contributed by atoms with E-state index in [1.165, 1.54) is 24.3 Å². The standard InChI is InChI=1S/C31H24ClN3O5/c1-18-9-12-24(13-10-18)35-29(37)25(28(36)34(31(35)40)23-7-5-4-6-8-23)16-22-15-19(2)33(20(22)3)27-17-21(30(38)39)11-14-26(27)32/h4-17H,1-3H3,(H,38,39)/b25-16+. The summed E-state index contributed by atoms with van der Waals surface area (Å²) in [6.45, 7) is 5.48. The summed E-state index contributed by atoms with van der Waals surface area (Å²) < 4.78 is 1.76. The molecule has 1 saturated heterocycles. The van der Waals surface area contributed by atoms with Crippen LogP contribution in [0.15, 0.2) is 84.4 Å². The summed E-state index contributed by atoms with van der Waals surface area (Å²) in [5, 5.41) is 9.80. The summed E-state index contributed by atoms with van der Waals surface area (Å²) in [5.74, 6) is -2.59. The van der Waals surface area contributed by atoms with Gasteiger partial charge in [0.25, 0.3) is 11.8 Å². The molecule has 0 saturated carbocycles. The van der Waals surface area contributed by atoms with Crippen molar-refractivity contribution in [3.8, 4) is 5.69 Å². The van der Waals surface area contributed by atoms with Gasteiger partial charge in [0.05, 0.1) is 27.6 Å². The van der Waals surface area contributed by atoms with Crippen molar-refractivity contribution in [2.45, 2.75) is 20.8 Å². The molecule has 8 nitrogen and oxygen atoms in total. The van der Waals surface area contributed by atoms with Crippen LogP contribution in [0.1, 0.15) is 32.9 Å². The number of rotatable bonds is 5. The lowest BCUT2D eigenvalue weighted by Gasteiger charge is -2.34. The number of amides is 4. The van der Waals surface area contributed by atoms with E-state index in [0.29, 0.717) is 39.0 Å². The Labute approximate surface area is 235 Å². The quantitative estimate of drug-likeness (QED) is 0.230. The van der Waals surface area contributed by atoms with Gasteiger partial charge in [0, 0.05) is 11.4 Å². The van der Waals surface area contributed by atoms with Gasteiger partial charge in [0.2, 0.25) is 0 Å². The van der Waals surface area contributed by atoms with Gasteiger partial charge >= 0.3 is 12.0 Å². The summed E-state index contributed by atoms with van der Waals surface area (Å²) in [4.78, 5) is 54.6. The number of carbonyl (C=O) groups is 4. The number of nitrogens with zero attached hydrogens (tertiary/aromatic N) is 3. The molecular weight excluding hydrogens is 530 g/mol. The molecule has 0 spiro atoms. The first-order chi connectivity index (χ1) is 19.1. The largest absolute Gasteiger partial charge is 0.478 e. The number of hydrogen-bond acceptors (Lipinski definition) is 4. The maximum absolute atomic E-state index is 13.8. The zero-order chi connectivity index (χ0) is 28.7. The third-order valence-electron chi connectivity index (χ3n) is 6.76. The number of imide groups is 2. The molecule has 1 N–H and O–H groups in total. The van der Waals surface area contributed by atoms with Gasteiger partial charge in [-0.25, -0.2) is 19.4 Å². The summed E-state index contributed by atoms with van der Waals surface area (Å²) >= 11 is 6.44. The third-order valence-corrected chi connectivity index (χ3v) is 7.08. The van der Waals surface area contributed by atoms with Crippen molar-refractivity contribution >= 4 is 52.9 Å². The molecule has 1 aliphatic heterocycles. The highest BCUT2D eigenvalue weighted by atomic mass is 35.5. The van der Waals surface area contributed by atoms with E-state index >= 15 is 0 Å². The summed E-state index contributed by atoms with van der Waals surface area (Å²) in [6.07, 6.45) is 1.46. The molecule has 0 unspecified atom stereocenters. The lowest BCUT2D eigenvalue weighted by Crippen LogP contribution is -2.57. The average molecular weight is 554 g/mol. The average Bonchev–Trinajstić information content (AvgIpc) is 3.20. The monoisotopic (exact) mass is 553 g/mol. The van der Waals surface area contributed by atoms with Crippen molar-refractivity contribution in [3.05, 3.63) is 118 Å². The lowest BCUT2D eigenvalue weighted by molar-refractivity contribution is -0.121. The number of aromatic carboxylic acids is 1. The Hall–Kier alpha value is -4.95. The smallest absolute Gasteiger partial charge is 0.343 e. The minimum Gasteiger partial charge on any atom is -0.478 e. The molecule has 4 amide bonds. The van der Waals surface area contributed by atoms with Gasteiger partial charge in [-0.05, 0) is 80.9 Å². The SMILES string of the molecule is Cc1ccc(N2C(=O)/C(=C/c3cc(C)n(-c4cc(C(=O)O)ccc4Cl)c3C)C(=O)N(c3ccccc3)C2=O)cc1. The molecule has 0 radical (unpaired) electrons. The second kappa shape index (κ2) is 10.3. The molecule has 9 heteroatoms. The Balaban J connectivity index is 1.66. The molecule has 5 rings (SSSR count). The summed E-state index contributed by atoms with van der Waals surface area (Å²) in [5.41, 5.74) is 3.80. The predicted molar refractivity (Wildman–Crippen MR) is 153 cm³/mol. The van der Waals surface area contributed by atoms with Gasteiger partial charge < -0.3 is 9.67 Å². The van der Waals surface area contributed by atoms with E-state index in [1.54, 1.807) is 72.2 Å².